The van der Waals surface area contributed by atoms with E-state index in [1.165, 1.54) is 6.92 Å². The number of hydrogen-bond donors (Lipinski definition) is 3. The number of carbonyl (C=O) groups is 2. The van der Waals surface area contributed by atoms with E-state index in [9.17, 15) is 14.7 Å². The number of β-amino-alcohol motifs (C(OH)–C–C–N with tert-alkyl or cyclic N) is 1. The van der Waals surface area contributed by atoms with Crippen molar-refractivity contribution >= 4 is 23.2 Å². The quantitative estimate of drug-likeness (QED) is 0.651. The zero-order valence-corrected chi connectivity index (χ0v) is 14.9. The number of ether oxygens (including phenoxy) is 2. The number of hydrogen-bond acceptors (Lipinski definition) is 6. The lowest BCUT2D eigenvalue weighted by Gasteiger charge is -2.30. The van der Waals surface area contributed by atoms with Crippen LogP contribution in [0, 0.1) is 0 Å². The first kappa shape index (κ1) is 18.6. The molecule has 1 aromatic rings. The number of anilines is 2. The molecule has 0 spiro atoms. The molecular weight excluding hydrogens is 338 g/mol. The maximum absolute atomic E-state index is 11.7. The topological polar surface area (TPSA) is 100 Å². The van der Waals surface area contributed by atoms with Crippen LogP contribution in [0.15, 0.2) is 12.1 Å². The highest BCUT2D eigenvalue weighted by molar-refractivity contribution is 6.02. The fraction of sp³-hybridized carbons (Fsp3) is 0.556. The third kappa shape index (κ3) is 4.72. The summed E-state index contributed by atoms with van der Waals surface area (Å²) in [6.45, 7) is 4.66. The van der Waals surface area contributed by atoms with E-state index in [1.54, 1.807) is 6.07 Å². The van der Waals surface area contributed by atoms with E-state index in [2.05, 4.69) is 15.5 Å². The van der Waals surface area contributed by atoms with Gasteiger partial charge in [-0.15, -0.1) is 0 Å². The minimum atomic E-state index is -0.707. The second-order valence-electron chi connectivity index (χ2n) is 6.52. The van der Waals surface area contributed by atoms with Crippen molar-refractivity contribution in [1.82, 2.24) is 4.90 Å². The number of carbonyl (C=O) groups excluding carboxylic acids is 2. The number of benzene rings is 1. The minimum Gasteiger partial charge on any atom is -0.493 e. The molecule has 2 aliphatic rings. The number of aliphatic hydroxyl groups excluding tert-OH is 1. The smallest absolute Gasteiger partial charge is 0.224 e. The van der Waals surface area contributed by atoms with Gasteiger partial charge in [0, 0.05) is 38.5 Å². The lowest BCUT2D eigenvalue weighted by Crippen LogP contribution is -2.42. The van der Waals surface area contributed by atoms with Gasteiger partial charge in [-0.25, -0.2) is 0 Å². The number of nitrogens with one attached hydrogen (secondary N) is 2. The Morgan fingerprint density at radius 1 is 1.46 bits per heavy atom. The molecule has 3 rings (SSSR count). The van der Waals surface area contributed by atoms with Gasteiger partial charge < -0.3 is 25.2 Å². The summed E-state index contributed by atoms with van der Waals surface area (Å²) in [4.78, 5) is 25.2. The van der Waals surface area contributed by atoms with Crippen molar-refractivity contribution in [2.75, 3.05) is 43.5 Å². The van der Waals surface area contributed by atoms with Gasteiger partial charge in [0.15, 0.2) is 6.29 Å². The van der Waals surface area contributed by atoms with Crippen molar-refractivity contribution in [2.45, 2.75) is 32.5 Å². The van der Waals surface area contributed by atoms with E-state index in [0.29, 0.717) is 44.0 Å². The molecule has 1 saturated heterocycles. The predicted octanol–water partition coefficient (Wildman–Crippen LogP) is 0.949. The van der Waals surface area contributed by atoms with E-state index in [4.69, 9.17) is 9.47 Å². The van der Waals surface area contributed by atoms with E-state index in [0.717, 1.165) is 30.8 Å². The number of rotatable bonds is 6. The van der Waals surface area contributed by atoms with Crippen LogP contribution in [0.2, 0.25) is 0 Å². The second kappa shape index (κ2) is 8.48. The molecule has 0 aromatic heterocycles. The summed E-state index contributed by atoms with van der Waals surface area (Å²) in [7, 11) is 0. The van der Waals surface area contributed by atoms with Gasteiger partial charge >= 0.3 is 0 Å². The lowest BCUT2D eigenvalue weighted by molar-refractivity contribution is -0.146. The summed E-state index contributed by atoms with van der Waals surface area (Å²) in [6, 6.07) is 3.58. The first-order valence-electron chi connectivity index (χ1n) is 8.91. The van der Waals surface area contributed by atoms with Gasteiger partial charge in [-0.2, -0.15) is 0 Å². The molecule has 3 N–H and O–H groups in total. The maximum atomic E-state index is 11.7. The van der Waals surface area contributed by atoms with E-state index in [1.807, 2.05) is 6.07 Å². The molecule has 1 unspecified atom stereocenters. The SMILES string of the molecule is CC(=O)Nc1ccc(OCCCN2CCOC(O)C2)c2c1NC(=O)CC2. The van der Waals surface area contributed by atoms with Crippen LogP contribution in [0.25, 0.3) is 0 Å². The van der Waals surface area contributed by atoms with Gasteiger partial charge in [0.05, 0.1) is 24.6 Å². The highest BCUT2D eigenvalue weighted by atomic mass is 16.6. The molecule has 0 bridgehead atoms. The first-order valence-corrected chi connectivity index (χ1v) is 8.91. The van der Waals surface area contributed by atoms with Crippen LogP contribution in [-0.2, 0) is 20.7 Å². The summed E-state index contributed by atoms with van der Waals surface area (Å²) in [5.41, 5.74) is 2.14. The van der Waals surface area contributed by atoms with E-state index >= 15 is 0 Å². The summed E-state index contributed by atoms with van der Waals surface area (Å²) in [5.74, 6) is 0.483. The van der Waals surface area contributed by atoms with Crippen LogP contribution >= 0.6 is 0 Å². The Bertz CT molecular complexity index is 679. The first-order chi connectivity index (χ1) is 12.5. The third-order valence-corrected chi connectivity index (χ3v) is 4.46. The van der Waals surface area contributed by atoms with Gasteiger partial charge in [0.2, 0.25) is 11.8 Å². The average Bonchev–Trinajstić information content (AvgIpc) is 2.60. The van der Waals surface area contributed by atoms with E-state index in [-0.39, 0.29) is 11.8 Å². The average molecular weight is 363 g/mol. The third-order valence-electron chi connectivity index (χ3n) is 4.46. The van der Waals surface area contributed by atoms with Crippen LogP contribution in [0.5, 0.6) is 5.75 Å². The van der Waals surface area contributed by atoms with Crippen molar-refractivity contribution in [3.05, 3.63) is 17.7 Å². The van der Waals surface area contributed by atoms with Crippen molar-refractivity contribution < 1.29 is 24.2 Å². The highest BCUT2D eigenvalue weighted by Gasteiger charge is 2.22. The molecule has 2 aliphatic heterocycles. The van der Waals surface area contributed by atoms with Crippen LogP contribution in [-0.4, -0.2) is 61.0 Å². The fourth-order valence-corrected chi connectivity index (χ4v) is 3.25. The number of nitrogens with zero attached hydrogens (tertiary/aromatic N) is 1. The lowest BCUT2D eigenvalue weighted by atomic mass is 10.0. The van der Waals surface area contributed by atoms with E-state index < -0.39 is 6.29 Å². The van der Waals surface area contributed by atoms with Crippen molar-refractivity contribution in [3.63, 3.8) is 0 Å². The fourth-order valence-electron chi connectivity index (χ4n) is 3.25. The molecule has 2 heterocycles. The van der Waals surface area contributed by atoms with Gasteiger partial charge in [0.25, 0.3) is 0 Å². The van der Waals surface area contributed by atoms with Crippen molar-refractivity contribution in [3.8, 4) is 5.75 Å². The molecule has 2 amide bonds. The number of fused-ring (bicyclic) bond motifs is 1. The summed E-state index contributed by atoms with van der Waals surface area (Å²) >= 11 is 0. The molecule has 0 radical (unpaired) electrons. The van der Waals surface area contributed by atoms with Gasteiger partial charge in [-0.05, 0) is 25.0 Å². The largest absolute Gasteiger partial charge is 0.493 e. The molecule has 8 nitrogen and oxygen atoms in total. The Kier molecular flexibility index (Phi) is 6.08. The molecule has 0 saturated carbocycles. The minimum absolute atomic E-state index is 0.0628. The molecular formula is C18H25N3O5. The van der Waals surface area contributed by atoms with Crippen molar-refractivity contribution in [2.24, 2.45) is 0 Å². The zero-order chi connectivity index (χ0) is 18.5. The standard InChI is InChI=1S/C18H25N3O5/c1-12(22)19-14-4-5-15(13-3-6-16(23)20-18(13)14)25-9-2-7-21-8-10-26-17(24)11-21/h4-5,17,24H,2-3,6-11H2,1H3,(H,19,22)(H,20,23). The molecule has 1 atom stereocenters. The number of amides is 2. The Morgan fingerprint density at radius 3 is 3.08 bits per heavy atom. The summed E-state index contributed by atoms with van der Waals surface area (Å²) in [6.07, 6.45) is 1.10. The molecule has 8 heteroatoms. The maximum Gasteiger partial charge on any atom is 0.224 e. The van der Waals surface area contributed by atoms with Crippen LogP contribution in [0.1, 0.15) is 25.3 Å². The Hall–Kier alpha value is -2.16. The molecule has 0 aliphatic carbocycles. The number of morpholine rings is 1. The predicted molar refractivity (Wildman–Crippen MR) is 96.2 cm³/mol. The van der Waals surface area contributed by atoms with Crippen LogP contribution in [0.4, 0.5) is 11.4 Å². The molecule has 1 aromatic carbocycles. The summed E-state index contributed by atoms with van der Waals surface area (Å²) < 4.78 is 11.0. The number of aliphatic hydroxyl groups is 1. The highest BCUT2D eigenvalue weighted by Crippen LogP contribution is 2.37. The monoisotopic (exact) mass is 363 g/mol. The van der Waals surface area contributed by atoms with Gasteiger partial charge in [-0.1, -0.05) is 0 Å². The van der Waals surface area contributed by atoms with Gasteiger partial charge in [0.1, 0.15) is 5.75 Å². The molecule has 142 valence electrons. The zero-order valence-electron chi connectivity index (χ0n) is 14.9. The van der Waals surface area contributed by atoms with Crippen LogP contribution in [0.3, 0.4) is 0 Å². The molecule has 26 heavy (non-hydrogen) atoms. The van der Waals surface area contributed by atoms with Crippen molar-refractivity contribution in [1.29, 1.82) is 0 Å². The molecule has 1 fully saturated rings. The second-order valence-corrected chi connectivity index (χ2v) is 6.52. The summed E-state index contributed by atoms with van der Waals surface area (Å²) in [5, 5.41) is 15.1. The Morgan fingerprint density at radius 2 is 2.31 bits per heavy atom. The Labute approximate surface area is 152 Å². The Balaban J connectivity index is 1.60. The van der Waals surface area contributed by atoms with Crippen LogP contribution < -0.4 is 15.4 Å². The normalized spacial score (nSPS) is 20.2. The van der Waals surface area contributed by atoms with Gasteiger partial charge in [-0.3, -0.25) is 14.5 Å².